The lowest BCUT2D eigenvalue weighted by atomic mass is 10.2. The summed E-state index contributed by atoms with van der Waals surface area (Å²) >= 11 is 1.65. The molecule has 0 bridgehead atoms. The van der Waals surface area contributed by atoms with Crippen LogP contribution < -0.4 is 0 Å². The van der Waals surface area contributed by atoms with Gasteiger partial charge < -0.3 is 4.90 Å². The van der Waals surface area contributed by atoms with Gasteiger partial charge in [-0.15, -0.1) is 11.3 Å². The van der Waals surface area contributed by atoms with Gasteiger partial charge in [-0.25, -0.2) is 0 Å². The van der Waals surface area contributed by atoms with E-state index >= 15 is 0 Å². The van der Waals surface area contributed by atoms with Crippen LogP contribution >= 0.6 is 11.3 Å². The first-order valence-electron chi connectivity index (χ1n) is 7.23. The molecule has 0 aromatic carbocycles. The number of amides is 1. The predicted molar refractivity (Wildman–Crippen MR) is 84.1 cm³/mol. The molecule has 0 unspecified atom stereocenters. The van der Waals surface area contributed by atoms with Gasteiger partial charge in [-0.2, -0.15) is 0 Å². The molecule has 0 N–H and O–H groups in total. The van der Waals surface area contributed by atoms with Gasteiger partial charge in [0, 0.05) is 50.0 Å². The Morgan fingerprint density at radius 3 is 2.71 bits per heavy atom. The van der Waals surface area contributed by atoms with Crippen molar-refractivity contribution in [3.8, 4) is 0 Å². The van der Waals surface area contributed by atoms with E-state index in [0.29, 0.717) is 6.42 Å². The molecule has 4 nitrogen and oxygen atoms in total. The summed E-state index contributed by atoms with van der Waals surface area (Å²) in [6.45, 7) is 4.44. The zero-order valence-corrected chi connectivity index (χ0v) is 12.8. The Kier molecular flexibility index (Phi) is 4.62. The summed E-state index contributed by atoms with van der Waals surface area (Å²) in [6.07, 6.45) is 4.25. The third kappa shape index (κ3) is 3.89. The van der Waals surface area contributed by atoms with Crippen LogP contribution in [-0.2, 0) is 17.8 Å². The lowest BCUT2D eigenvalue weighted by Crippen LogP contribution is -2.48. The molecule has 3 rings (SSSR count). The maximum absolute atomic E-state index is 12.2. The molecule has 1 fully saturated rings. The molecule has 21 heavy (non-hydrogen) atoms. The maximum atomic E-state index is 12.2. The number of hydrogen-bond acceptors (Lipinski definition) is 4. The number of hydrogen-bond donors (Lipinski definition) is 0. The van der Waals surface area contributed by atoms with Crippen LogP contribution in [0.4, 0.5) is 0 Å². The van der Waals surface area contributed by atoms with Gasteiger partial charge in [0.1, 0.15) is 0 Å². The Hall–Kier alpha value is -1.72. The first-order chi connectivity index (χ1) is 10.3. The maximum Gasteiger partial charge on any atom is 0.227 e. The highest BCUT2D eigenvalue weighted by Gasteiger charge is 2.21. The normalized spacial score (nSPS) is 16.1. The monoisotopic (exact) mass is 301 g/mol. The summed E-state index contributed by atoms with van der Waals surface area (Å²) in [4.78, 5) is 21.9. The Morgan fingerprint density at radius 1 is 1.19 bits per heavy atom. The number of carbonyl (C=O) groups excluding carboxylic acids is 1. The van der Waals surface area contributed by atoms with E-state index in [1.165, 1.54) is 5.56 Å². The molecule has 0 atom stereocenters. The van der Waals surface area contributed by atoms with Gasteiger partial charge in [-0.1, -0.05) is 12.1 Å². The third-order valence-electron chi connectivity index (χ3n) is 3.76. The molecule has 110 valence electrons. The zero-order valence-electron chi connectivity index (χ0n) is 11.9. The van der Waals surface area contributed by atoms with Crippen LogP contribution in [0.2, 0.25) is 0 Å². The molecule has 1 aliphatic heterocycles. The number of thiophene rings is 1. The Bertz CT molecular complexity index is 562. The molecule has 2 aromatic heterocycles. The van der Waals surface area contributed by atoms with Gasteiger partial charge in [-0.3, -0.25) is 14.7 Å². The predicted octanol–water partition coefficient (Wildman–Crippen LogP) is 2.03. The van der Waals surface area contributed by atoms with E-state index in [-0.39, 0.29) is 5.91 Å². The zero-order chi connectivity index (χ0) is 14.5. The van der Waals surface area contributed by atoms with Crippen molar-refractivity contribution in [1.82, 2.24) is 14.8 Å². The summed E-state index contributed by atoms with van der Waals surface area (Å²) < 4.78 is 0. The summed E-state index contributed by atoms with van der Waals surface area (Å²) in [5, 5.41) is 2.02. The first kappa shape index (κ1) is 14.2. The van der Waals surface area contributed by atoms with Crippen LogP contribution in [0, 0.1) is 0 Å². The summed E-state index contributed by atoms with van der Waals surface area (Å²) in [5.74, 6) is 0.249. The topological polar surface area (TPSA) is 36.4 Å². The molecular formula is C16H19N3OS. The minimum absolute atomic E-state index is 0.249. The molecule has 0 saturated carbocycles. The van der Waals surface area contributed by atoms with Crippen LogP contribution in [0.15, 0.2) is 42.0 Å². The fourth-order valence-corrected chi connectivity index (χ4v) is 3.28. The summed E-state index contributed by atoms with van der Waals surface area (Å²) in [7, 11) is 0. The number of carbonyl (C=O) groups is 1. The standard InChI is InChI=1S/C16H19N3OS/c20-16(11-15-4-2-10-21-15)19-8-6-18(7-9-19)13-14-3-1-5-17-12-14/h1-5,10,12H,6-9,11,13H2. The molecule has 0 aliphatic carbocycles. The van der Waals surface area contributed by atoms with E-state index < -0.39 is 0 Å². The lowest BCUT2D eigenvalue weighted by molar-refractivity contribution is -0.132. The summed E-state index contributed by atoms with van der Waals surface area (Å²) in [6, 6.07) is 8.10. The molecule has 0 radical (unpaired) electrons. The minimum Gasteiger partial charge on any atom is -0.340 e. The minimum atomic E-state index is 0.249. The van der Waals surface area contributed by atoms with Gasteiger partial charge >= 0.3 is 0 Å². The highest BCUT2D eigenvalue weighted by atomic mass is 32.1. The molecule has 1 aliphatic rings. The van der Waals surface area contributed by atoms with E-state index in [2.05, 4.69) is 16.0 Å². The first-order valence-corrected chi connectivity index (χ1v) is 8.10. The van der Waals surface area contributed by atoms with Crippen molar-refractivity contribution < 1.29 is 4.79 Å². The molecule has 3 heterocycles. The smallest absolute Gasteiger partial charge is 0.227 e. The van der Waals surface area contributed by atoms with E-state index in [9.17, 15) is 4.79 Å². The van der Waals surface area contributed by atoms with Gasteiger partial charge in [0.25, 0.3) is 0 Å². The fraction of sp³-hybridized carbons (Fsp3) is 0.375. The van der Waals surface area contributed by atoms with E-state index in [1.807, 2.05) is 34.7 Å². The number of pyridine rings is 1. The lowest BCUT2D eigenvalue weighted by Gasteiger charge is -2.34. The SMILES string of the molecule is O=C(Cc1cccs1)N1CCN(Cc2cccnc2)CC1. The average Bonchev–Trinajstić information content (AvgIpc) is 3.02. The van der Waals surface area contributed by atoms with E-state index in [0.717, 1.165) is 37.6 Å². The van der Waals surface area contributed by atoms with Crippen molar-refractivity contribution >= 4 is 17.2 Å². The van der Waals surface area contributed by atoms with Gasteiger partial charge in [-0.05, 0) is 23.1 Å². The van der Waals surface area contributed by atoms with Gasteiger partial charge in [0.15, 0.2) is 0 Å². The quantitative estimate of drug-likeness (QED) is 0.867. The van der Waals surface area contributed by atoms with Gasteiger partial charge in [0.2, 0.25) is 5.91 Å². The van der Waals surface area contributed by atoms with Crippen molar-refractivity contribution in [2.45, 2.75) is 13.0 Å². The molecule has 2 aromatic rings. The number of nitrogens with zero attached hydrogens (tertiary/aromatic N) is 3. The fourth-order valence-electron chi connectivity index (χ4n) is 2.58. The number of piperazine rings is 1. The van der Waals surface area contributed by atoms with Crippen molar-refractivity contribution in [2.24, 2.45) is 0 Å². The Morgan fingerprint density at radius 2 is 2.05 bits per heavy atom. The highest BCUT2D eigenvalue weighted by Crippen LogP contribution is 2.13. The third-order valence-corrected chi connectivity index (χ3v) is 4.64. The number of aromatic nitrogens is 1. The summed E-state index contributed by atoms with van der Waals surface area (Å²) in [5.41, 5.74) is 1.23. The van der Waals surface area contributed by atoms with Crippen LogP contribution in [-0.4, -0.2) is 46.9 Å². The van der Waals surface area contributed by atoms with Crippen molar-refractivity contribution in [3.63, 3.8) is 0 Å². The van der Waals surface area contributed by atoms with Crippen molar-refractivity contribution in [2.75, 3.05) is 26.2 Å². The second-order valence-electron chi connectivity index (χ2n) is 5.27. The van der Waals surface area contributed by atoms with E-state index in [1.54, 1.807) is 17.5 Å². The van der Waals surface area contributed by atoms with Crippen LogP contribution in [0.25, 0.3) is 0 Å². The van der Waals surface area contributed by atoms with Gasteiger partial charge in [0.05, 0.1) is 6.42 Å². The van der Waals surface area contributed by atoms with Crippen LogP contribution in [0.1, 0.15) is 10.4 Å². The van der Waals surface area contributed by atoms with Crippen molar-refractivity contribution in [1.29, 1.82) is 0 Å². The van der Waals surface area contributed by atoms with Crippen LogP contribution in [0.3, 0.4) is 0 Å². The molecule has 5 heteroatoms. The van der Waals surface area contributed by atoms with Crippen molar-refractivity contribution in [3.05, 3.63) is 52.5 Å². The Balaban J connectivity index is 1.47. The second-order valence-corrected chi connectivity index (χ2v) is 6.31. The van der Waals surface area contributed by atoms with E-state index in [4.69, 9.17) is 0 Å². The molecule has 1 saturated heterocycles. The largest absolute Gasteiger partial charge is 0.340 e. The van der Waals surface area contributed by atoms with Crippen LogP contribution in [0.5, 0.6) is 0 Å². The Labute approximate surface area is 129 Å². The number of rotatable bonds is 4. The average molecular weight is 301 g/mol. The highest BCUT2D eigenvalue weighted by molar-refractivity contribution is 7.10. The molecule has 0 spiro atoms. The molecule has 1 amide bonds. The molecular weight excluding hydrogens is 282 g/mol. The second kappa shape index (κ2) is 6.83.